The Labute approximate surface area is 195 Å². The molecule has 3 aromatic rings. The second-order valence-corrected chi connectivity index (χ2v) is 8.77. The van der Waals surface area contributed by atoms with Gasteiger partial charge in [-0.1, -0.05) is 23.7 Å². The van der Waals surface area contributed by atoms with E-state index in [4.69, 9.17) is 16.3 Å². The van der Waals surface area contributed by atoms with Crippen molar-refractivity contribution in [3.05, 3.63) is 83.7 Å². The Bertz CT molecular complexity index is 1250. The van der Waals surface area contributed by atoms with E-state index in [1.165, 1.54) is 55.7 Å². The number of hydrogen-bond donors (Lipinski definition) is 2. The van der Waals surface area contributed by atoms with Crippen LogP contribution in [-0.4, -0.2) is 36.4 Å². The van der Waals surface area contributed by atoms with E-state index in [2.05, 4.69) is 20.0 Å². The number of anilines is 2. The first-order valence-corrected chi connectivity index (χ1v) is 11.4. The summed E-state index contributed by atoms with van der Waals surface area (Å²) >= 11 is 5.81. The number of esters is 1. The van der Waals surface area contributed by atoms with Crippen LogP contribution in [0.4, 0.5) is 11.6 Å². The van der Waals surface area contributed by atoms with Crippen LogP contribution in [0.1, 0.15) is 12.5 Å². The smallest absolute Gasteiger partial charge is 0.331 e. The van der Waals surface area contributed by atoms with Gasteiger partial charge in [-0.05, 0) is 61.0 Å². The molecule has 1 heterocycles. The number of rotatable bonds is 8. The molecule has 0 spiro atoms. The van der Waals surface area contributed by atoms with E-state index in [0.29, 0.717) is 10.7 Å². The van der Waals surface area contributed by atoms with Crippen molar-refractivity contribution in [3.8, 4) is 0 Å². The highest BCUT2D eigenvalue weighted by molar-refractivity contribution is 7.92. The number of benzene rings is 2. The largest absolute Gasteiger partial charge is 0.449 e. The summed E-state index contributed by atoms with van der Waals surface area (Å²) in [5.74, 6) is -1.33. The van der Waals surface area contributed by atoms with Gasteiger partial charge in [0, 0.05) is 29.2 Å². The van der Waals surface area contributed by atoms with Gasteiger partial charge in [0.1, 0.15) is 0 Å². The first-order valence-electron chi connectivity index (χ1n) is 9.58. The van der Waals surface area contributed by atoms with Crippen molar-refractivity contribution >= 4 is 51.2 Å². The summed E-state index contributed by atoms with van der Waals surface area (Å²) < 4.78 is 32.1. The fourth-order valence-electron chi connectivity index (χ4n) is 2.50. The summed E-state index contributed by atoms with van der Waals surface area (Å²) in [6.45, 7) is 1.42. The van der Waals surface area contributed by atoms with Crippen molar-refractivity contribution in [3.63, 3.8) is 0 Å². The highest BCUT2D eigenvalue weighted by Gasteiger charge is 2.18. The lowest BCUT2D eigenvalue weighted by Crippen LogP contribution is -2.29. The number of carbonyl (C=O) groups is 2. The SMILES string of the molecule is C[C@@H](OC(=O)/C=C/c1ccc(Cl)cc1)C(=O)Nc1ccc(S(=O)(=O)Nc2ncccn2)cc1. The Morgan fingerprint density at radius 1 is 1.03 bits per heavy atom. The molecule has 0 bridgehead atoms. The normalized spacial score (nSPS) is 12.2. The minimum absolute atomic E-state index is 0.0419. The first-order chi connectivity index (χ1) is 15.7. The van der Waals surface area contributed by atoms with Gasteiger partial charge in [0.05, 0.1) is 4.90 Å². The minimum Gasteiger partial charge on any atom is -0.449 e. The van der Waals surface area contributed by atoms with Crippen LogP contribution in [0.2, 0.25) is 5.02 Å². The number of sulfonamides is 1. The molecule has 170 valence electrons. The fourth-order valence-corrected chi connectivity index (χ4v) is 3.58. The molecular weight excluding hydrogens is 468 g/mol. The second kappa shape index (κ2) is 10.7. The van der Waals surface area contributed by atoms with E-state index in [1.807, 2.05) is 0 Å². The number of nitrogens with one attached hydrogen (secondary N) is 2. The van der Waals surface area contributed by atoms with Gasteiger partial charge < -0.3 is 10.1 Å². The Kier molecular flexibility index (Phi) is 7.75. The van der Waals surface area contributed by atoms with Gasteiger partial charge in [0.25, 0.3) is 15.9 Å². The highest BCUT2D eigenvalue weighted by Crippen LogP contribution is 2.17. The second-order valence-electron chi connectivity index (χ2n) is 6.66. The van der Waals surface area contributed by atoms with Crippen LogP contribution in [0.3, 0.4) is 0 Å². The maximum absolute atomic E-state index is 12.4. The van der Waals surface area contributed by atoms with Crippen molar-refractivity contribution in [1.82, 2.24) is 9.97 Å². The molecule has 9 nitrogen and oxygen atoms in total. The van der Waals surface area contributed by atoms with Crippen molar-refractivity contribution in [2.24, 2.45) is 0 Å². The third kappa shape index (κ3) is 7.13. The lowest BCUT2D eigenvalue weighted by atomic mass is 10.2. The molecule has 2 N–H and O–H groups in total. The van der Waals surface area contributed by atoms with Crippen molar-refractivity contribution in [2.75, 3.05) is 10.0 Å². The predicted octanol–water partition coefficient (Wildman–Crippen LogP) is 3.51. The zero-order valence-electron chi connectivity index (χ0n) is 17.3. The fraction of sp³-hybridized carbons (Fsp3) is 0.0909. The number of carbonyl (C=O) groups excluding carboxylic acids is 2. The van der Waals surface area contributed by atoms with E-state index in [0.717, 1.165) is 5.56 Å². The molecule has 0 saturated carbocycles. The Hall–Kier alpha value is -3.76. The van der Waals surface area contributed by atoms with Crippen LogP contribution in [0.15, 0.2) is 78.0 Å². The first kappa shape index (κ1) is 23.9. The lowest BCUT2D eigenvalue weighted by molar-refractivity contribution is -0.148. The predicted molar refractivity (Wildman–Crippen MR) is 124 cm³/mol. The molecule has 0 radical (unpaired) electrons. The van der Waals surface area contributed by atoms with Crippen molar-refractivity contribution < 1.29 is 22.7 Å². The molecule has 0 aliphatic carbocycles. The third-order valence-electron chi connectivity index (χ3n) is 4.17. The van der Waals surface area contributed by atoms with Gasteiger partial charge in [-0.2, -0.15) is 0 Å². The molecule has 2 aromatic carbocycles. The summed E-state index contributed by atoms with van der Waals surface area (Å²) in [6.07, 6.45) is 4.48. The zero-order valence-corrected chi connectivity index (χ0v) is 18.9. The number of ether oxygens (including phenoxy) is 1. The average molecular weight is 487 g/mol. The number of amides is 1. The topological polar surface area (TPSA) is 127 Å². The van der Waals surface area contributed by atoms with Crippen LogP contribution in [0.5, 0.6) is 0 Å². The molecule has 0 fully saturated rings. The summed E-state index contributed by atoms with van der Waals surface area (Å²) in [5.41, 5.74) is 1.08. The molecule has 0 unspecified atom stereocenters. The molecule has 0 saturated heterocycles. The highest BCUT2D eigenvalue weighted by atomic mass is 35.5. The molecule has 1 aromatic heterocycles. The molecular formula is C22H19ClN4O5S. The maximum Gasteiger partial charge on any atom is 0.331 e. The van der Waals surface area contributed by atoms with Crippen LogP contribution in [-0.2, 0) is 24.3 Å². The van der Waals surface area contributed by atoms with Gasteiger partial charge in [-0.15, -0.1) is 0 Å². The van der Waals surface area contributed by atoms with E-state index in [-0.39, 0.29) is 10.8 Å². The monoisotopic (exact) mass is 486 g/mol. The standard InChI is InChI=1S/C22H19ClN4O5S/c1-15(32-20(28)12-5-16-3-6-17(23)7-4-16)21(29)26-18-8-10-19(11-9-18)33(30,31)27-22-24-13-2-14-25-22/h2-15H,1H3,(H,26,29)(H,24,25,27)/b12-5+/t15-/m1/s1. The summed E-state index contributed by atoms with van der Waals surface area (Å²) in [7, 11) is -3.89. The summed E-state index contributed by atoms with van der Waals surface area (Å²) in [6, 6.07) is 13.8. The molecule has 0 aliphatic rings. The number of nitrogens with zero attached hydrogens (tertiary/aromatic N) is 2. The van der Waals surface area contributed by atoms with Gasteiger partial charge in [0.2, 0.25) is 5.95 Å². The Morgan fingerprint density at radius 3 is 2.30 bits per heavy atom. The average Bonchev–Trinajstić information content (AvgIpc) is 2.79. The number of hydrogen-bond acceptors (Lipinski definition) is 7. The summed E-state index contributed by atoms with van der Waals surface area (Å²) in [4.78, 5) is 31.8. The van der Waals surface area contributed by atoms with Crippen molar-refractivity contribution in [2.45, 2.75) is 17.9 Å². The lowest BCUT2D eigenvalue weighted by Gasteiger charge is -2.13. The number of halogens is 1. The van der Waals surface area contributed by atoms with Crippen LogP contribution >= 0.6 is 11.6 Å². The van der Waals surface area contributed by atoms with Gasteiger partial charge in [0.15, 0.2) is 6.10 Å². The van der Waals surface area contributed by atoms with E-state index in [9.17, 15) is 18.0 Å². The summed E-state index contributed by atoms with van der Waals surface area (Å²) in [5, 5.41) is 3.14. The zero-order chi connectivity index (χ0) is 23.8. The molecule has 1 amide bonds. The van der Waals surface area contributed by atoms with Gasteiger partial charge in [-0.25, -0.2) is 27.9 Å². The van der Waals surface area contributed by atoms with Gasteiger partial charge in [-0.3, -0.25) is 4.79 Å². The van der Waals surface area contributed by atoms with Crippen molar-refractivity contribution in [1.29, 1.82) is 0 Å². The molecule has 1 atom stereocenters. The molecule has 3 rings (SSSR count). The van der Waals surface area contributed by atoms with E-state index >= 15 is 0 Å². The molecule has 0 aliphatic heterocycles. The third-order valence-corrected chi connectivity index (χ3v) is 5.76. The van der Waals surface area contributed by atoms with E-state index in [1.54, 1.807) is 30.3 Å². The van der Waals surface area contributed by atoms with E-state index < -0.39 is 28.0 Å². The van der Waals surface area contributed by atoms with Crippen LogP contribution in [0, 0.1) is 0 Å². The molecule has 11 heteroatoms. The Morgan fingerprint density at radius 2 is 1.67 bits per heavy atom. The van der Waals surface area contributed by atoms with Gasteiger partial charge >= 0.3 is 5.97 Å². The maximum atomic E-state index is 12.4. The molecule has 33 heavy (non-hydrogen) atoms. The quantitative estimate of drug-likeness (QED) is 0.368. The number of aromatic nitrogens is 2. The minimum atomic E-state index is -3.89. The Balaban J connectivity index is 1.55. The van der Waals surface area contributed by atoms with Crippen LogP contribution < -0.4 is 10.0 Å². The van der Waals surface area contributed by atoms with Crippen LogP contribution in [0.25, 0.3) is 6.08 Å².